The van der Waals surface area contributed by atoms with Crippen LogP contribution in [0.5, 0.6) is 0 Å². The number of likely N-dealkylation sites (tertiary alicyclic amines) is 1. The molecular weight excluding hydrogens is 549 g/mol. The van der Waals surface area contributed by atoms with E-state index in [4.69, 9.17) is 5.73 Å². The Hall–Kier alpha value is -3.74. The van der Waals surface area contributed by atoms with Gasteiger partial charge in [-0.05, 0) is 54.9 Å². The number of carbonyl (C=O) groups excluding carboxylic acids is 2. The summed E-state index contributed by atoms with van der Waals surface area (Å²) in [6.45, 7) is 1.43. The zero-order chi connectivity index (χ0) is 29.9. The van der Waals surface area contributed by atoms with E-state index in [1.807, 2.05) is 84.9 Å². The second-order valence-corrected chi connectivity index (χ2v) is 14.7. The first-order valence-corrected chi connectivity index (χ1v) is 16.5. The lowest BCUT2D eigenvalue weighted by Gasteiger charge is -2.42. The van der Waals surface area contributed by atoms with E-state index >= 15 is 4.57 Å². The normalized spacial score (nSPS) is 19.3. The average molecular weight is 588 g/mol. The first-order valence-electron chi connectivity index (χ1n) is 14.5. The van der Waals surface area contributed by atoms with Crippen LogP contribution in [0.15, 0.2) is 84.9 Å². The summed E-state index contributed by atoms with van der Waals surface area (Å²) in [4.78, 5) is 43.7. The van der Waals surface area contributed by atoms with Gasteiger partial charge in [0.1, 0.15) is 13.7 Å². The van der Waals surface area contributed by atoms with E-state index in [1.165, 1.54) is 9.80 Å². The number of carboxylic acid groups (broad SMARTS) is 1. The molecule has 42 heavy (non-hydrogen) atoms. The van der Waals surface area contributed by atoms with Gasteiger partial charge in [0, 0.05) is 24.9 Å². The lowest BCUT2D eigenvalue weighted by atomic mass is 10.1. The van der Waals surface area contributed by atoms with Gasteiger partial charge >= 0.3 is 5.97 Å². The predicted octanol–water partition coefficient (Wildman–Crippen LogP) is 4.50. The summed E-state index contributed by atoms with van der Waals surface area (Å²) in [5.74, 6) is -2.14. The van der Waals surface area contributed by atoms with Crippen molar-refractivity contribution in [1.29, 1.82) is 0 Å². The fraction of sp³-hybridized carbons (Fsp3) is 0.364. The van der Waals surface area contributed by atoms with Gasteiger partial charge in [-0.25, -0.2) is 4.79 Å². The Morgan fingerprint density at radius 1 is 0.929 bits per heavy atom. The molecule has 0 spiro atoms. The van der Waals surface area contributed by atoms with E-state index in [-0.39, 0.29) is 43.8 Å². The molecule has 0 radical (unpaired) electrons. The van der Waals surface area contributed by atoms with Crippen molar-refractivity contribution in [3.63, 3.8) is 0 Å². The largest absolute Gasteiger partial charge is 0.479 e. The van der Waals surface area contributed by atoms with Crippen molar-refractivity contribution >= 4 is 24.9 Å². The zero-order valence-electron chi connectivity index (χ0n) is 23.9. The maximum atomic E-state index is 15.3. The molecule has 2 amide bonds. The van der Waals surface area contributed by atoms with Crippen molar-refractivity contribution in [2.45, 2.75) is 62.3 Å². The molecule has 1 heterocycles. The van der Waals surface area contributed by atoms with Gasteiger partial charge in [0.25, 0.3) is 0 Å². The van der Waals surface area contributed by atoms with E-state index in [1.54, 1.807) is 6.92 Å². The Morgan fingerprint density at radius 3 is 1.90 bits per heavy atom. The summed E-state index contributed by atoms with van der Waals surface area (Å²) in [6.07, 6.45) is 1.75. The van der Waals surface area contributed by atoms with Crippen molar-refractivity contribution in [1.82, 2.24) is 9.80 Å². The fourth-order valence-electron chi connectivity index (χ4n) is 6.66. The third-order valence-electron chi connectivity index (χ3n) is 8.68. The molecule has 2 atom stereocenters. The molecule has 5 rings (SSSR count). The topological polar surface area (TPSA) is 121 Å². The van der Waals surface area contributed by atoms with Gasteiger partial charge in [-0.3, -0.25) is 9.59 Å². The number of amides is 2. The fourth-order valence-corrected chi connectivity index (χ4v) is 10.5. The van der Waals surface area contributed by atoms with Gasteiger partial charge in [-0.1, -0.05) is 84.9 Å². The van der Waals surface area contributed by atoms with Crippen LogP contribution in [0, 0.1) is 0 Å². The van der Waals surface area contributed by atoms with Gasteiger partial charge in [-0.15, -0.1) is 0 Å². The number of nitrogens with zero attached hydrogens (tertiary/aromatic N) is 2. The van der Waals surface area contributed by atoms with Crippen molar-refractivity contribution in [3.8, 4) is 0 Å². The number of aliphatic carboxylic acids is 1. The van der Waals surface area contributed by atoms with Crippen LogP contribution in [-0.4, -0.2) is 63.1 Å². The van der Waals surface area contributed by atoms with Crippen molar-refractivity contribution < 1.29 is 24.1 Å². The van der Waals surface area contributed by atoms with Crippen LogP contribution in [0.3, 0.4) is 0 Å². The highest BCUT2D eigenvalue weighted by Gasteiger charge is 2.61. The highest BCUT2D eigenvalue weighted by atomic mass is 31.2. The molecular formula is C33H38N3O5P. The van der Waals surface area contributed by atoms with E-state index in [2.05, 4.69) is 0 Å². The summed E-state index contributed by atoms with van der Waals surface area (Å²) < 4.78 is 15.3. The number of rotatable bonds is 10. The minimum absolute atomic E-state index is 0.0409. The Labute approximate surface area is 246 Å². The van der Waals surface area contributed by atoms with Crippen LogP contribution >= 0.6 is 7.14 Å². The molecule has 1 aliphatic heterocycles. The maximum absolute atomic E-state index is 15.3. The number of carbonyl (C=O) groups is 3. The molecule has 3 N–H and O–H groups in total. The van der Waals surface area contributed by atoms with Crippen molar-refractivity contribution in [2.24, 2.45) is 5.73 Å². The van der Waals surface area contributed by atoms with Crippen LogP contribution in [0.1, 0.15) is 42.0 Å². The molecule has 220 valence electrons. The lowest BCUT2D eigenvalue weighted by molar-refractivity contribution is -0.153. The third kappa shape index (κ3) is 5.66. The molecule has 0 bridgehead atoms. The van der Waals surface area contributed by atoms with E-state index < -0.39 is 30.3 Å². The molecule has 0 aromatic heterocycles. The maximum Gasteiger partial charge on any atom is 0.337 e. The minimum atomic E-state index is -3.69. The molecule has 1 saturated heterocycles. The molecule has 2 aliphatic rings. The minimum Gasteiger partial charge on any atom is -0.479 e. The first kappa shape index (κ1) is 29.7. The molecule has 9 heteroatoms. The Bertz CT molecular complexity index is 1430. The van der Waals surface area contributed by atoms with Crippen LogP contribution in [-0.2, 0) is 44.1 Å². The van der Waals surface area contributed by atoms with E-state index in [0.717, 1.165) is 22.3 Å². The van der Waals surface area contributed by atoms with Gasteiger partial charge < -0.3 is 25.2 Å². The summed E-state index contributed by atoms with van der Waals surface area (Å²) >= 11 is 0. The Morgan fingerprint density at radius 2 is 1.43 bits per heavy atom. The number of nitrogens with two attached hydrogens (primary N) is 1. The molecule has 0 saturated carbocycles. The zero-order valence-corrected chi connectivity index (χ0v) is 24.8. The van der Waals surface area contributed by atoms with Gasteiger partial charge in [-0.2, -0.15) is 0 Å². The Kier molecular flexibility index (Phi) is 8.67. The summed E-state index contributed by atoms with van der Waals surface area (Å²) in [5, 5.41) is 8.98. The third-order valence-corrected chi connectivity index (χ3v) is 12.4. The van der Waals surface area contributed by atoms with Crippen LogP contribution in [0.4, 0.5) is 0 Å². The van der Waals surface area contributed by atoms with Crippen LogP contribution in [0.25, 0.3) is 0 Å². The smallest absolute Gasteiger partial charge is 0.337 e. The van der Waals surface area contributed by atoms with Crippen molar-refractivity contribution in [2.75, 3.05) is 13.1 Å². The van der Waals surface area contributed by atoms with Crippen LogP contribution in [0.2, 0.25) is 0 Å². The Balaban J connectivity index is 1.51. The monoisotopic (exact) mass is 587 g/mol. The molecule has 1 fully saturated rings. The molecule has 3 aromatic carbocycles. The highest BCUT2D eigenvalue weighted by Crippen LogP contribution is 2.67. The van der Waals surface area contributed by atoms with Gasteiger partial charge in [0.05, 0.1) is 6.04 Å². The first-order chi connectivity index (χ1) is 20.1. The lowest BCUT2D eigenvalue weighted by Crippen LogP contribution is -2.58. The molecule has 0 unspecified atom stereocenters. The molecule has 8 nitrogen and oxygen atoms in total. The number of benzene rings is 3. The summed E-state index contributed by atoms with van der Waals surface area (Å²) in [6, 6.07) is 25.3. The second-order valence-electron chi connectivity index (χ2n) is 11.5. The molecule has 1 aliphatic carbocycles. The second kappa shape index (κ2) is 12.2. The summed E-state index contributed by atoms with van der Waals surface area (Å²) in [7, 11) is -3.69. The number of carboxylic acids is 1. The highest BCUT2D eigenvalue weighted by molar-refractivity contribution is 7.65. The number of hydrogen-bond acceptors (Lipinski definition) is 5. The predicted molar refractivity (Wildman–Crippen MR) is 162 cm³/mol. The average Bonchev–Trinajstić information content (AvgIpc) is 3.62. The van der Waals surface area contributed by atoms with Gasteiger partial charge in [0.2, 0.25) is 11.8 Å². The SMILES string of the molecule is C[C@H](N)C(=O)N(CC(=O)N1CCC[C@]1(C(=O)O)P(=O)(Cc1ccccc1)Cc1ccccc1)C1Cc2ccccc2C1. The van der Waals surface area contributed by atoms with Crippen molar-refractivity contribution in [3.05, 3.63) is 107 Å². The quantitative estimate of drug-likeness (QED) is 0.337. The number of hydrogen-bond donors (Lipinski definition) is 2. The molecule has 3 aromatic rings. The van der Waals surface area contributed by atoms with Gasteiger partial charge in [0.15, 0.2) is 5.28 Å². The number of fused-ring (bicyclic) bond motifs is 1. The summed E-state index contributed by atoms with van der Waals surface area (Å²) in [5.41, 5.74) is 9.78. The van der Waals surface area contributed by atoms with E-state index in [9.17, 15) is 19.5 Å². The standard InChI is InChI=1S/C33H38N3O5P/c1-24(34)31(38)35(29-19-27-15-8-9-16-28(27)20-29)21-30(37)36-18-10-17-33(36,32(39)40)42(41,22-25-11-4-2-5-12-25)23-26-13-6-3-7-14-26/h2-9,11-16,24,29H,10,17-23,34H2,1H3,(H,39,40)/t24-,33+/m0/s1. The van der Waals surface area contributed by atoms with E-state index in [0.29, 0.717) is 19.3 Å². The van der Waals surface area contributed by atoms with Crippen LogP contribution < -0.4 is 5.73 Å².